The van der Waals surface area contributed by atoms with Gasteiger partial charge in [0.25, 0.3) is 0 Å². The highest BCUT2D eigenvalue weighted by Crippen LogP contribution is 2.43. The third-order valence-corrected chi connectivity index (χ3v) is 7.91. The average Bonchev–Trinajstić information content (AvgIpc) is 3.45. The summed E-state index contributed by atoms with van der Waals surface area (Å²) in [5, 5.41) is 5.27. The molecule has 3 aromatic carbocycles. The zero-order chi connectivity index (χ0) is 22.3. The largest absolute Gasteiger partial charge is 0.356 e. The van der Waals surface area contributed by atoms with Gasteiger partial charge in [0, 0.05) is 22.8 Å². The number of likely N-dealkylation sites (tertiary alicyclic amines) is 1. The predicted molar refractivity (Wildman–Crippen MR) is 129 cm³/mol. The first-order valence-electron chi connectivity index (χ1n) is 12.1. The van der Waals surface area contributed by atoms with Crippen LogP contribution in [0, 0.1) is 5.82 Å². The van der Waals surface area contributed by atoms with Gasteiger partial charge < -0.3 is 9.42 Å². The zero-order valence-electron chi connectivity index (χ0n) is 18.8. The van der Waals surface area contributed by atoms with E-state index >= 15 is 0 Å². The molecule has 6 rings (SSSR count). The monoisotopic (exact) mass is 440 g/mol. The number of piperidine rings is 1. The van der Waals surface area contributed by atoms with E-state index in [-0.39, 0.29) is 11.2 Å². The van der Waals surface area contributed by atoms with Crippen LogP contribution >= 0.6 is 0 Å². The lowest BCUT2D eigenvalue weighted by molar-refractivity contribution is 0.189. The van der Waals surface area contributed by atoms with Crippen molar-refractivity contribution in [3.8, 4) is 0 Å². The summed E-state index contributed by atoms with van der Waals surface area (Å²) in [5.74, 6) is 0.105. The lowest BCUT2D eigenvalue weighted by Crippen LogP contribution is -2.38. The minimum absolute atomic E-state index is 0.189. The van der Waals surface area contributed by atoms with Gasteiger partial charge in [0.1, 0.15) is 5.82 Å². The maximum atomic E-state index is 13.5. The summed E-state index contributed by atoms with van der Waals surface area (Å²) in [7, 11) is 0. The first-order chi connectivity index (χ1) is 16.2. The second-order valence-electron chi connectivity index (χ2n) is 9.84. The molecule has 0 saturated carbocycles. The highest BCUT2D eigenvalue weighted by molar-refractivity contribution is 5.79. The number of halogens is 1. The van der Waals surface area contributed by atoms with E-state index < -0.39 is 0 Å². The molecule has 4 heteroatoms. The van der Waals surface area contributed by atoms with E-state index in [0.717, 1.165) is 56.4 Å². The molecule has 1 fully saturated rings. The maximum Gasteiger partial charge on any atom is 0.170 e. The molecule has 1 saturated heterocycles. The Morgan fingerprint density at radius 2 is 1.61 bits per heavy atom. The third-order valence-electron chi connectivity index (χ3n) is 7.91. The highest BCUT2D eigenvalue weighted by Gasteiger charge is 2.39. The number of rotatable bonds is 5. The van der Waals surface area contributed by atoms with Crippen LogP contribution in [0.4, 0.5) is 4.39 Å². The normalized spacial score (nSPS) is 18.6. The number of nitrogens with zero attached hydrogens (tertiary/aromatic N) is 2. The van der Waals surface area contributed by atoms with Crippen molar-refractivity contribution in [2.45, 2.75) is 43.4 Å². The van der Waals surface area contributed by atoms with Crippen LogP contribution in [0.15, 0.2) is 77.3 Å². The molecule has 2 aliphatic rings. The average molecular weight is 441 g/mol. The third kappa shape index (κ3) is 3.87. The fourth-order valence-electron chi connectivity index (χ4n) is 6.04. The van der Waals surface area contributed by atoms with Gasteiger partial charge in [-0.05, 0) is 80.6 Å². The van der Waals surface area contributed by atoms with Crippen LogP contribution in [0.1, 0.15) is 47.6 Å². The molecule has 33 heavy (non-hydrogen) atoms. The summed E-state index contributed by atoms with van der Waals surface area (Å²) < 4.78 is 18.9. The molecule has 168 valence electrons. The summed E-state index contributed by atoms with van der Waals surface area (Å²) in [6.45, 7) is 3.25. The van der Waals surface area contributed by atoms with Crippen molar-refractivity contribution < 1.29 is 8.91 Å². The second-order valence-corrected chi connectivity index (χ2v) is 9.84. The van der Waals surface area contributed by atoms with Crippen LogP contribution in [0.25, 0.3) is 11.0 Å². The Morgan fingerprint density at radius 1 is 0.909 bits per heavy atom. The number of aromatic nitrogens is 1. The van der Waals surface area contributed by atoms with Gasteiger partial charge in [-0.2, -0.15) is 0 Å². The van der Waals surface area contributed by atoms with Crippen LogP contribution in [-0.2, 0) is 18.3 Å². The van der Waals surface area contributed by atoms with Gasteiger partial charge in [0.05, 0.1) is 5.69 Å². The van der Waals surface area contributed by atoms with Crippen LogP contribution in [0.5, 0.6) is 0 Å². The first-order valence-corrected chi connectivity index (χ1v) is 12.1. The molecule has 4 aromatic rings. The van der Waals surface area contributed by atoms with Gasteiger partial charge in [-0.15, -0.1) is 0 Å². The Balaban J connectivity index is 1.14. The van der Waals surface area contributed by atoms with Crippen LogP contribution in [0.2, 0.25) is 0 Å². The summed E-state index contributed by atoms with van der Waals surface area (Å²) >= 11 is 0. The Bertz CT molecular complexity index is 1230. The topological polar surface area (TPSA) is 29.3 Å². The summed E-state index contributed by atoms with van der Waals surface area (Å²) in [6, 6.07) is 24.8. The molecule has 0 N–H and O–H groups in total. The fourth-order valence-corrected chi connectivity index (χ4v) is 6.04. The number of hydrogen-bond donors (Lipinski definition) is 0. The van der Waals surface area contributed by atoms with Crippen molar-refractivity contribution in [1.29, 1.82) is 0 Å². The Morgan fingerprint density at radius 3 is 2.33 bits per heavy atom. The summed E-state index contributed by atoms with van der Waals surface area (Å²) in [4.78, 5) is 2.62. The van der Waals surface area contributed by atoms with E-state index in [2.05, 4.69) is 64.7 Å². The van der Waals surface area contributed by atoms with Crippen molar-refractivity contribution in [3.63, 3.8) is 0 Å². The highest BCUT2D eigenvalue weighted by atomic mass is 19.1. The van der Waals surface area contributed by atoms with Crippen LogP contribution in [-0.4, -0.2) is 29.7 Å². The van der Waals surface area contributed by atoms with Crippen molar-refractivity contribution >= 4 is 11.0 Å². The smallest absolute Gasteiger partial charge is 0.170 e. The molecule has 3 nitrogen and oxygen atoms in total. The van der Waals surface area contributed by atoms with Crippen molar-refractivity contribution in [3.05, 3.63) is 101 Å². The van der Waals surface area contributed by atoms with E-state index in [1.165, 1.54) is 35.2 Å². The van der Waals surface area contributed by atoms with E-state index in [1.54, 1.807) is 0 Å². The van der Waals surface area contributed by atoms with Crippen LogP contribution < -0.4 is 0 Å². The lowest BCUT2D eigenvalue weighted by Gasteiger charge is -2.36. The molecule has 0 bridgehead atoms. The molecule has 0 unspecified atom stereocenters. The van der Waals surface area contributed by atoms with Gasteiger partial charge >= 0.3 is 0 Å². The fraction of sp³-hybridized carbons (Fsp3) is 0.345. The SMILES string of the molecule is Fc1ccc2c(C3CCN(CCC4(c5ccccc5)Cc5ccccc5C4)CC3)noc2c1. The number of hydrogen-bond acceptors (Lipinski definition) is 3. The van der Waals surface area contributed by atoms with Gasteiger partial charge in [-0.3, -0.25) is 0 Å². The molecular formula is C29H29FN2O. The van der Waals surface area contributed by atoms with E-state index in [0.29, 0.717) is 11.5 Å². The van der Waals surface area contributed by atoms with E-state index in [4.69, 9.17) is 4.52 Å². The summed E-state index contributed by atoms with van der Waals surface area (Å²) in [5.41, 5.74) is 6.23. The quantitative estimate of drug-likeness (QED) is 0.366. The van der Waals surface area contributed by atoms with Crippen molar-refractivity contribution in [2.75, 3.05) is 19.6 Å². The molecule has 0 spiro atoms. The van der Waals surface area contributed by atoms with Gasteiger partial charge in [-0.1, -0.05) is 59.8 Å². The Hall–Kier alpha value is -2.98. The molecule has 1 aromatic heterocycles. The van der Waals surface area contributed by atoms with E-state index in [9.17, 15) is 4.39 Å². The first kappa shape index (κ1) is 20.6. The molecule has 1 aliphatic heterocycles. The number of fused-ring (bicyclic) bond motifs is 2. The maximum absolute atomic E-state index is 13.5. The van der Waals surface area contributed by atoms with Crippen LogP contribution in [0.3, 0.4) is 0 Å². The predicted octanol–water partition coefficient (Wildman–Crippen LogP) is 6.27. The van der Waals surface area contributed by atoms with Gasteiger partial charge in [0.2, 0.25) is 0 Å². The molecular weight excluding hydrogens is 411 g/mol. The Labute approximate surface area is 194 Å². The molecule has 0 radical (unpaired) electrons. The van der Waals surface area contributed by atoms with Crippen molar-refractivity contribution in [2.24, 2.45) is 0 Å². The number of benzene rings is 3. The molecule has 2 heterocycles. The minimum atomic E-state index is -0.276. The van der Waals surface area contributed by atoms with E-state index in [1.807, 2.05) is 6.07 Å². The minimum Gasteiger partial charge on any atom is -0.356 e. The van der Waals surface area contributed by atoms with Crippen molar-refractivity contribution in [1.82, 2.24) is 10.1 Å². The molecule has 0 amide bonds. The standard InChI is InChI=1S/C29H29FN2O/c30-25-10-11-26-27(18-25)33-31-28(26)21-12-15-32(16-13-21)17-14-29(24-8-2-1-3-9-24)19-22-6-4-5-7-23(22)20-29/h1-11,18,21H,12-17,19-20H2. The van der Waals surface area contributed by atoms with Gasteiger partial charge in [0.15, 0.2) is 5.58 Å². The lowest BCUT2D eigenvalue weighted by atomic mass is 9.75. The molecule has 0 atom stereocenters. The second kappa shape index (κ2) is 8.42. The Kier molecular flexibility index (Phi) is 5.26. The summed E-state index contributed by atoms with van der Waals surface area (Å²) in [6.07, 6.45) is 5.56. The zero-order valence-corrected chi connectivity index (χ0v) is 18.8. The molecule has 1 aliphatic carbocycles. The van der Waals surface area contributed by atoms with Gasteiger partial charge in [-0.25, -0.2) is 4.39 Å².